The summed E-state index contributed by atoms with van der Waals surface area (Å²) in [5, 5.41) is -0.389. The first-order valence-corrected chi connectivity index (χ1v) is 6.37. The second-order valence-electron chi connectivity index (χ2n) is 5.51. The summed E-state index contributed by atoms with van der Waals surface area (Å²) in [6.07, 6.45) is 0.696. The minimum Gasteiger partial charge on any atom is -0.329 e. The summed E-state index contributed by atoms with van der Waals surface area (Å²) >= 11 is 6.12. The van der Waals surface area contributed by atoms with Gasteiger partial charge in [0, 0.05) is 5.54 Å². The number of amides is 1. The highest BCUT2D eigenvalue weighted by Gasteiger charge is 2.44. The van der Waals surface area contributed by atoms with Crippen LogP contribution in [0.2, 0.25) is 0 Å². The van der Waals surface area contributed by atoms with Crippen molar-refractivity contribution in [3.8, 4) is 0 Å². The molecule has 2 rings (SSSR count). The van der Waals surface area contributed by atoms with E-state index in [1.807, 2.05) is 23.1 Å². The van der Waals surface area contributed by atoms with Gasteiger partial charge in [-0.3, -0.25) is 4.79 Å². The van der Waals surface area contributed by atoms with Crippen LogP contribution in [0.15, 0.2) is 30.3 Å². The van der Waals surface area contributed by atoms with Gasteiger partial charge in [0.25, 0.3) is 0 Å². The van der Waals surface area contributed by atoms with E-state index in [2.05, 4.69) is 32.9 Å². The fraction of sp³-hybridized carbons (Fsp3) is 0.500. The molecule has 1 aromatic rings. The molecular formula is C14H18ClNO. The third kappa shape index (κ3) is 2.32. The van der Waals surface area contributed by atoms with Gasteiger partial charge in [-0.05, 0) is 32.8 Å². The van der Waals surface area contributed by atoms with Crippen molar-refractivity contribution in [3.05, 3.63) is 35.9 Å². The Labute approximate surface area is 108 Å². The van der Waals surface area contributed by atoms with Crippen LogP contribution in [0, 0.1) is 0 Å². The van der Waals surface area contributed by atoms with Crippen LogP contribution in [-0.2, 0) is 4.79 Å². The summed E-state index contributed by atoms with van der Waals surface area (Å²) in [5.74, 6) is 0.0491. The van der Waals surface area contributed by atoms with Gasteiger partial charge in [-0.15, -0.1) is 11.6 Å². The highest BCUT2D eigenvalue weighted by atomic mass is 35.5. The van der Waals surface area contributed by atoms with E-state index in [1.54, 1.807) is 0 Å². The number of hydrogen-bond donors (Lipinski definition) is 0. The maximum atomic E-state index is 12.1. The second-order valence-corrected chi connectivity index (χ2v) is 6.04. The predicted molar refractivity (Wildman–Crippen MR) is 70.0 cm³/mol. The summed E-state index contributed by atoms with van der Waals surface area (Å²) in [6, 6.07) is 10.2. The van der Waals surface area contributed by atoms with Crippen LogP contribution in [0.1, 0.15) is 38.8 Å². The maximum absolute atomic E-state index is 12.1. The summed E-state index contributed by atoms with van der Waals surface area (Å²) in [7, 11) is 0. The lowest BCUT2D eigenvalue weighted by molar-refractivity contribution is -0.133. The van der Waals surface area contributed by atoms with Crippen molar-refractivity contribution in [2.75, 3.05) is 0 Å². The summed E-state index contributed by atoms with van der Waals surface area (Å²) < 4.78 is 0. The van der Waals surface area contributed by atoms with E-state index >= 15 is 0 Å². The highest BCUT2D eigenvalue weighted by Crippen LogP contribution is 2.39. The van der Waals surface area contributed by atoms with Crippen LogP contribution < -0.4 is 0 Å². The molecule has 0 aromatic heterocycles. The van der Waals surface area contributed by atoms with E-state index < -0.39 is 0 Å². The normalized spacial score (nSPS) is 25.4. The Morgan fingerprint density at radius 2 is 1.82 bits per heavy atom. The second kappa shape index (κ2) is 4.34. The van der Waals surface area contributed by atoms with E-state index in [1.165, 1.54) is 5.56 Å². The van der Waals surface area contributed by atoms with Gasteiger partial charge in [0.05, 0.1) is 6.04 Å². The van der Waals surface area contributed by atoms with Crippen LogP contribution in [0.3, 0.4) is 0 Å². The molecular weight excluding hydrogens is 234 g/mol. The molecule has 2 nitrogen and oxygen atoms in total. The molecule has 3 heteroatoms. The zero-order valence-electron chi connectivity index (χ0n) is 10.5. The molecule has 0 bridgehead atoms. The molecule has 2 atom stereocenters. The van der Waals surface area contributed by atoms with Crippen molar-refractivity contribution in [2.24, 2.45) is 0 Å². The quantitative estimate of drug-likeness (QED) is 0.701. The Morgan fingerprint density at radius 3 is 2.35 bits per heavy atom. The first-order valence-electron chi connectivity index (χ1n) is 5.93. The largest absolute Gasteiger partial charge is 0.329 e. The third-order valence-corrected chi connectivity index (χ3v) is 3.52. The molecule has 0 N–H and O–H groups in total. The van der Waals surface area contributed by atoms with Gasteiger partial charge >= 0.3 is 0 Å². The number of halogens is 1. The predicted octanol–water partition coefficient (Wildman–Crippen LogP) is 3.37. The number of hydrogen-bond acceptors (Lipinski definition) is 1. The fourth-order valence-electron chi connectivity index (χ4n) is 2.47. The van der Waals surface area contributed by atoms with Crippen LogP contribution in [0.25, 0.3) is 0 Å². The van der Waals surface area contributed by atoms with E-state index in [0.29, 0.717) is 6.42 Å². The molecule has 1 heterocycles. The number of carbonyl (C=O) groups excluding carboxylic acids is 1. The van der Waals surface area contributed by atoms with Crippen molar-refractivity contribution in [1.29, 1.82) is 0 Å². The Balaban J connectivity index is 2.37. The van der Waals surface area contributed by atoms with Crippen LogP contribution >= 0.6 is 11.6 Å². The monoisotopic (exact) mass is 251 g/mol. The minimum atomic E-state index is -0.389. The van der Waals surface area contributed by atoms with Gasteiger partial charge in [-0.2, -0.15) is 0 Å². The maximum Gasteiger partial charge on any atom is 0.241 e. The molecule has 0 radical (unpaired) electrons. The molecule has 17 heavy (non-hydrogen) atoms. The van der Waals surface area contributed by atoms with E-state index in [0.717, 1.165) is 0 Å². The average Bonchev–Trinajstić information content (AvgIpc) is 2.56. The van der Waals surface area contributed by atoms with Crippen molar-refractivity contribution >= 4 is 17.5 Å². The van der Waals surface area contributed by atoms with Gasteiger partial charge in [-0.25, -0.2) is 0 Å². The topological polar surface area (TPSA) is 20.3 Å². The zero-order chi connectivity index (χ0) is 12.6. The first-order chi connectivity index (χ1) is 7.91. The van der Waals surface area contributed by atoms with Gasteiger partial charge < -0.3 is 4.90 Å². The third-order valence-electron chi connectivity index (χ3n) is 3.15. The van der Waals surface area contributed by atoms with E-state index in [9.17, 15) is 4.79 Å². The molecule has 1 aliphatic heterocycles. The number of rotatable bonds is 1. The van der Waals surface area contributed by atoms with Crippen molar-refractivity contribution in [1.82, 2.24) is 4.90 Å². The molecule has 1 aliphatic rings. The molecule has 1 amide bonds. The van der Waals surface area contributed by atoms with E-state index in [-0.39, 0.29) is 22.9 Å². The lowest BCUT2D eigenvalue weighted by atomic mass is 9.99. The number of likely N-dealkylation sites (tertiary alicyclic amines) is 1. The summed E-state index contributed by atoms with van der Waals surface area (Å²) in [6.45, 7) is 6.15. The summed E-state index contributed by atoms with van der Waals surface area (Å²) in [5.41, 5.74) is 0.972. The van der Waals surface area contributed by atoms with Crippen molar-refractivity contribution in [2.45, 2.75) is 44.1 Å². The Morgan fingerprint density at radius 1 is 1.24 bits per heavy atom. The van der Waals surface area contributed by atoms with Gasteiger partial charge in [0.2, 0.25) is 5.91 Å². The number of nitrogens with zero attached hydrogens (tertiary/aromatic N) is 1. The standard InChI is InChI=1S/C14H18ClNO/c1-14(2,3)16-12(9-11(15)13(16)17)10-7-5-4-6-8-10/h4-8,11-12H,9H2,1-3H3/t11-,12-/m0/s1. The molecule has 0 aliphatic carbocycles. The molecule has 1 saturated heterocycles. The number of benzene rings is 1. The lowest BCUT2D eigenvalue weighted by Gasteiger charge is -2.37. The smallest absolute Gasteiger partial charge is 0.241 e. The Hall–Kier alpha value is -1.02. The van der Waals surface area contributed by atoms with Crippen molar-refractivity contribution in [3.63, 3.8) is 0 Å². The zero-order valence-corrected chi connectivity index (χ0v) is 11.2. The minimum absolute atomic E-state index is 0.0491. The SMILES string of the molecule is CC(C)(C)N1C(=O)[C@@H](Cl)C[C@H]1c1ccccc1. The Bertz CT molecular complexity index is 410. The molecule has 92 valence electrons. The van der Waals surface area contributed by atoms with Crippen LogP contribution in [0.4, 0.5) is 0 Å². The average molecular weight is 252 g/mol. The first kappa shape index (κ1) is 12.4. The summed E-state index contributed by atoms with van der Waals surface area (Å²) in [4.78, 5) is 14.0. The van der Waals surface area contributed by atoms with E-state index in [4.69, 9.17) is 11.6 Å². The van der Waals surface area contributed by atoms with Gasteiger partial charge in [0.1, 0.15) is 5.38 Å². The number of alkyl halides is 1. The lowest BCUT2D eigenvalue weighted by Crippen LogP contribution is -2.44. The van der Waals surface area contributed by atoms with Crippen LogP contribution in [0.5, 0.6) is 0 Å². The molecule has 0 unspecified atom stereocenters. The number of carbonyl (C=O) groups is 1. The molecule has 1 fully saturated rings. The van der Waals surface area contributed by atoms with Crippen LogP contribution in [-0.4, -0.2) is 21.7 Å². The molecule has 0 spiro atoms. The van der Waals surface area contributed by atoms with Gasteiger partial charge in [0.15, 0.2) is 0 Å². The molecule has 1 aromatic carbocycles. The highest BCUT2D eigenvalue weighted by molar-refractivity contribution is 6.31. The van der Waals surface area contributed by atoms with Crippen molar-refractivity contribution < 1.29 is 4.79 Å². The fourth-order valence-corrected chi connectivity index (χ4v) is 2.74. The van der Waals surface area contributed by atoms with Gasteiger partial charge in [-0.1, -0.05) is 30.3 Å². The Kier molecular flexibility index (Phi) is 3.17. The molecule has 0 saturated carbocycles.